The molecule has 6 rings (SSSR count). The Kier molecular flexibility index (Phi) is 3.87. The van der Waals surface area contributed by atoms with E-state index in [9.17, 15) is 25.2 Å². The van der Waals surface area contributed by atoms with Gasteiger partial charge in [-0.25, -0.2) is 0 Å². The summed E-state index contributed by atoms with van der Waals surface area (Å²) in [4.78, 5) is 12.0. The Morgan fingerprint density at radius 1 is 1.17 bits per heavy atom. The van der Waals surface area contributed by atoms with Crippen molar-refractivity contribution in [3.63, 3.8) is 0 Å². The lowest BCUT2D eigenvalue weighted by Crippen LogP contribution is -2.86. The van der Waals surface area contributed by atoms with Gasteiger partial charge in [0.15, 0.2) is 0 Å². The highest BCUT2D eigenvalue weighted by molar-refractivity contribution is 5.66. The first-order chi connectivity index (χ1) is 13.5. The number of aliphatic hydroxyl groups is 4. The summed E-state index contributed by atoms with van der Waals surface area (Å²) < 4.78 is 11.8. The van der Waals surface area contributed by atoms with Gasteiger partial charge in [-0.1, -0.05) is 20.4 Å². The van der Waals surface area contributed by atoms with Crippen LogP contribution in [0.3, 0.4) is 0 Å². The summed E-state index contributed by atoms with van der Waals surface area (Å²) in [5.41, 5.74) is -2.12. The third kappa shape index (κ3) is 1.91. The van der Waals surface area contributed by atoms with Crippen LogP contribution in [0, 0.1) is 34.0 Å². The van der Waals surface area contributed by atoms with E-state index < -0.39 is 52.9 Å². The van der Waals surface area contributed by atoms with E-state index in [0.717, 1.165) is 6.42 Å². The molecule has 10 atom stereocenters. The molecule has 0 radical (unpaired) electrons. The van der Waals surface area contributed by atoms with Gasteiger partial charge < -0.3 is 29.9 Å². The fraction of sp³-hybridized carbons (Fsp3) is 0.864. The second-order valence-electron chi connectivity index (χ2n) is 10.7. The van der Waals surface area contributed by atoms with Gasteiger partial charge in [0.05, 0.1) is 24.2 Å². The zero-order chi connectivity index (χ0) is 21.1. The number of rotatable bonds is 1. The summed E-state index contributed by atoms with van der Waals surface area (Å²) in [6.45, 7) is 9.63. The Morgan fingerprint density at radius 2 is 1.86 bits per heavy atom. The van der Waals surface area contributed by atoms with Crippen molar-refractivity contribution in [1.29, 1.82) is 0 Å². The number of esters is 1. The number of carbonyl (C=O) groups is 1. The maximum Gasteiger partial charge on any atom is 0.302 e. The fourth-order valence-electron chi connectivity index (χ4n) is 8.50. The zero-order valence-corrected chi connectivity index (χ0v) is 17.3. The van der Waals surface area contributed by atoms with Gasteiger partial charge in [0.1, 0.15) is 12.2 Å². The van der Waals surface area contributed by atoms with Gasteiger partial charge in [0.2, 0.25) is 5.79 Å². The van der Waals surface area contributed by atoms with Crippen molar-refractivity contribution in [3.05, 3.63) is 12.2 Å². The van der Waals surface area contributed by atoms with Gasteiger partial charge in [-0.2, -0.15) is 0 Å². The molecule has 162 valence electrons. The van der Waals surface area contributed by atoms with Crippen LogP contribution in [0.15, 0.2) is 12.2 Å². The molecular formula is C22H32O7. The van der Waals surface area contributed by atoms with Crippen LogP contribution in [0.25, 0.3) is 0 Å². The summed E-state index contributed by atoms with van der Waals surface area (Å²) in [6, 6.07) is 0. The molecule has 1 unspecified atom stereocenters. The molecule has 0 aromatic heterocycles. The maximum atomic E-state index is 12.0. The SMILES string of the molecule is C=C1[C@H]2CC[C@H]3[C@@]45CO[C@](O)([C@@H](O)[C@@H]4C(C)(C)CC[C@@H]5OC(C)=O)[C@]3(C2O)[C@@H]1O. The predicted octanol–water partition coefficient (Wildman–Crippen LogP) is 0.738. The molecule has 2 spiro atoms. The molecule has 29 heavy (non-hydrogen) atoms. The van der Waals surface area contributed by atoms with Gasteiger partial charge in [-0.05, 0) is 42.6 Å². The molecule has 7 heteroatoms. The van der Waals surface area contributed by atoms with Crippen LogP contribution < -0.4 is 0 Å². The molecule has 4 aliphatic carbocycles. The van der Waals surface area contributed by atoms with Crippen LogP contribution in [-0.4, -0.2) is 63.2 Å². The van der Waals surface area contributed by atoms with E-state index in [-0.39, 0.29) is 23.9 Å². The normalized spacial score (nSPS) is 57.2. The first kappa shape index (κ1) is 19.9. The van der Waals surface area contributed by atoms with Crippen molar-refractivity contribution in [3.8, 4) is 0 Å². The molecular weight excluding hydrogens is 376 g/mol. The van der Waals surface area contributed by atoms with Crippen molar-refractivity contribution in [2.45, 2.75) is 76.7 Å². The van der Waals surface area contributed by atoms with E-state index in [0.29, 0.717) is 24.8 Å². The minimum atomic E-state index is -2.09. The number of ether oxygens (including phenoxy) is 2. The van der Waals surface area contributed by atoms with E-state index in [2.05, 4.69) is 20.4 Å². The molecule has 2 saturated heterocycles. The lowest BCUT2D eigenvalue weighted by atomic mass is 9.35. The van der Waals surface area contributed by atoms with Crippen molar-refractivity contribution in [2.24, 2.45) is 34.0 Å². The average molecular weight is 408 g/mol. The largest absolute Gasteiger partial charge is 0.462 e. The van der Waals surface area contributed by atoms with Gasteiger partial charge in [-0.15, -0.1) is 0 Å². The molecule has 6 aliphatic rings. The number of hydrogen-bond acceptors (Lipinski definition) is 7. The number of aliphatic hydroxyl groups excluding tert-OH is 3. The molecule has 4 bridgehead atoms. The smallest absolute Gasteiger partial charge is 0.302 e. The summed E-state index contributed by atoms with van der Waals surface area (Å²) in [5, 5.41) is 46.0. The number of carbonyl (C=O) groups excluding carboxylic acids is 1. The zero-order valence-electron chi connectivity index (χ0n) is 17.3. The first-order valence-electron chi connectivity index (χ1n) is 10.7. The van der Waals surface area contributed by atoms with Crippen LogP contribution in [0.4, 0.5) is 0 Å². The number of hydrogen-bond donors (Lipinski definition) is 4. The molecule has 2 heterocycles. The van der Waals surface area contributed by atoms with Gasteiger partial charge in [0, 0.05) is 24.2 Å². The lowest BCUT2D eigenvalue weighted by Gasteiger charge is -2.75. The molecule has 2 aliphatic heterocycles. The summed E-state index contributed by atoms with van der Waals surface area (Å²) >= 11 is 0. The Balaban J connectivity index is 1.77. The summed E-state index contributed by atoms with van der Waals surface area (Å²) in [7, 11) is 0. The molecule has 4 saturated carbocycles. The highest BCUT2D eigenvalue weighted by atomic mass is 16.6. The monoisotopic (exact) mass is 408 g/mol. The quantitative estimate of drug-likeness (QED) is 0.373. The first-order valence-corrected chi connectivity index (χ1v) is 10.7. The van der Waals surface area contributed by atoms with E-state index in [4.69, 9.17) is 9.47 Å². The van der Waals surface area contributed by atoms with Crippen molar-refractivity contribution in [2.75, 3.05) is 6.61 Å². The highest BCUT2D eigenvalue weighted by Crippen LogP contribution is 2.77. The standard InChI is InChI=1S/C22H32O7/c1-10-12-5-6-13-20-9-28-22(27,21(13,16(10)24)17(12)25)18(26)15(20)19(3,4)8-7-14(20)29-11(2)23/h12-18,24-27H,1,5-9H2,2-4H3/t12-,13+,14+,15-,16-,17?,18+,20-,21+,22-/m1/s1. The molecule has 0 aromatic carbocycles. The van der Waals surface area contributed by atoms with E-state index >= 15 is 0 Å². The second-order valence-corrected chi connectivity index (χ2v) is 10.7. The lowest BCUT2D eigenvalue weighted by molar-refractivity contribution is -0.476. The fourth-order valence-corrected chi connectivity index (χ4v) is 8.50. The van der Waals surface area contributed by atoms with Crippen LogP contribution in [0.5, 0.6) is 0 Å². The Morgan fingerprint density at radius 3 is 2.52 bits per heavy atom. The highest BCUT2D eigenvalue weighted by Gasteiger charge is 2.86. The minimum Gasteiger partial charge on any atom is -0.462 e. The third-order valence-corrected chi connectivity index (χ3v) is 9.40. The molecule has 6 fully saturated rings. The van der Waals surface area contributed by atoms with E-state index in [1.807, 2.05) is 0 Å². The predicted molar refractivity (Wildman–Crippen MR) is 101 cm³/mol. The van der Waals surface area contributed by atoms with Crippen LogP contribution >= 0.6 is 0 Å². The summed E-state index contributed by atoms with van der Waals surface area (Å²) in [5.74, 6) is -3.60. The van der Waals surface area contributed by atoms with Crippen molar-refractivity contribution < 1.29 is 34.7 Å². The second kappa shape index (κ2) is 5.62. The Labute approximate surface area is 170 Å². The van der Waals surface area contributed by atoms with Gasteiger partial charge in [-0.3, -0.25) is 4.79 Å². The molecule has 4 N–H and O–H groups in total. The van der Waals surface area contributed by atoms with E-state index in [1.54, 1.807) is 0 Å². The topological polar surface area (TPSA) is 116 Å². The van der Waals surface area contributed by atoms with Gasteiger partial charge >= 0.3 is 5.97 Å². The van der Waals surface area contributed by atoms with Gasteiger partial charge in [0.25, 0.3) is 0 Å². The number of fused-ring (bicyclic) bond motifs is 2. The van der Waals surface area contributed by atoms with Crippen molar-refractivity contribution in [1.82, 2.24) is 0 Å². The average Bonchev–Trinajstić information content (AvgIpc) is 2.74. The van der Waals surface area contributed by atoms with E-state index in [1.165, 1.54) is 6.92 Å². The maximum absolute atomic E-state index is 12.0. The molecule has 0 aromatic rings. The van der Waals surface area contributed by atoms with Crippen LogP contribution in [-0.2, 0) is 14.3 Å². The molecule has 7 nitrogen and oxygen atoms in total. The third-order valence-electron chi connectivity index (χ3n) is 9.40. The van der Waals surface area contributed by atoms with Crippen LogP contribution in [0.2, 0.25) is 0 Å². The summed E-state index contributed by atoms with van der Waals surface area (Å²) in [6.07, 6.45) is -1.50. The van der Waals surface area contributed by atoms with Crippen LogP contribution in [0.1, 0.15) is 46.5 Å². The Hall–Kier alpha value is -0.990. The Bertz CT molecular complexity index is 779. The van der Waals surface area contributed by atoms with Crippen molar-refractivity contribution >= 4 is 5.97 Å². The minimum absolute atomic E-state index is 0.121. The molecule has 0 amide bonds.